The summed E-state index contributed by atoms with van der Waals surface area (Å²) in [6.07, 6.45) is 2.54. The summed E-state index contributed by atoms with van der Waals surface area (Å²) in [5.41, 5.74) is 2.64. The first-order chi connectivity index (χ1) is 13.4. The van der Waals surface area contributed by atoms with Crippen LogP contribution in [0.5, 0.6) is 11.5 Å². The van der Waals surface area contributed by atoms with Crippen molar-refractivity contribution in [1.82, 2.24) is 5.32 Å². The van der Waals surface area contributed by atoms with Crippen LogP contribution in [0, 0.1) is 13.8 Å². The van der Waals surface area contributed by atoms with Gasteiger partial charge in [-0.25, -0.2) is 0 Å². The lowest BCUT2D eigenvalue weighted by molar-refractivity contribution is -0.124. The highest BCUT2D eigenvalue weighted by atomic mass is 35.5. The fourth-order valence-electron chi connectivity index (χ4n) is 3.80. The molecule has 1 amide bonds. The number of rotatable bonds is 6. The lowest BCUT2D eigenvalue weighted by Gasteiger charge is -2.41. The van der Waals surface area contributed by atoms with E-state index in [1.54, 1.807) is 0 Å². The predicted octanol–water partition coefficient (Wildman–Crippen LogP) is 5.53. The van der Waals surface area contributed by atoms with E-state index in [1.165, 1.54) is 0 Å². The zero-order valence-corrected chi connectivity index (χ0v) is 17.7. The lowest BCUT2D eigenvalue weighted by Crippen LogP contribution is -2.45. The van der Waals surface area contributed by atoms with Crippen molar-refractivity contribution in [1.29, 1.82) is 0 Å². The largest absolute Gasteiger partial charge is 0.487 e. The first-order valence-electron chi connectivity index (χ1n) is 9.84. The molecule has 28 heavy (non-hydrogen) atoms. The molecule has 1 N–H and O–H groups in total. The number of halogens is 1. The molecule has 150 valence electrons. The normalized spacial score (nSPS) is 17.4. The molecule has 0 radical (unpaired) electrons. The third kappa shape index (κ3) is 4.27. The summed E-state index contributed by atoms with van der Waals surface area (Å²) < 4.78 is 12.0. The van der Waals surface area contributed by atoms with Gasteiger partial charge in [-0.05, 0) is 56.0 Å². The molecule has 4 nitrogen and oxygen atoms in total. The number of carbonyl (C=O) groups excluding carboxylic acids is 1. The Balaban J connectivity index is 1.71. The molecular weight excluding hydrogens is 374 g/mol. The molecule has 0 aromatic heterocycles. The fourth-order valence-corrected chi connectivity index (χ4v) is 3.91. The van der Waals surface area contributed by atoms with E-state index in [2.05, 4.69) is 19.2 Å². The molecule has 0 saturated heterocycles. The molecule has 0 unspecified atom stereocenters. The summed E-state index contributed by atoms with van der Waals surface area (Å²) in [6, 6.07) is 11.5. The van der Waals surface area contributed by atoms with Crippen LogP contribution < -0.4 is 14.8 Å². The van der Waals surface area contributed by atoms with Gasteiger partial charge in [0.05, 0.1) is 6.04 Å². The molecular formula is C23H28ClNO3. The lowest BCUT2D eigenvalue weighted by atomic mass is 9.83. The van der Waals surface area contributed by atoms with Gasteiger partial charge >= 0.3 is 0 Å². The second kappa shape index (κ2) is 8.44. The van der Waals surface area contributed by atoms with Crippen LogP contribution in [0.15, 0.2) is 36.4 Å². The van der Waals surface area contributed by atoms with Crippen LogP contribution in [0.4, 0.5) is 0 Å². The van der Waals surface area contributed by atoms with Gasteiger partial charge in [0.25, 0.3) is 5.91 Å². The monoisotopic (exact) mass is 401 g/mol. The summed E-state index contributed by atoms with van der Waals surface area (Å²) >= 11 is 6.20. The van der Waals surface area contributed by atoms with E-state index in [4.69, 9.17) is 21.1 Å². The highest BCUT2D eigenvalue weighted by Gasteiger charge is 2.38. The zero-order chi connectivity index (χ0) is 20.3. The number of carbonyl (C=O) groups is 1. The van der Waals surface area contributed by atoms with E-state index >= 15 is 0 Å². The second-order valence-electron chi connectivity index (χ2n) is 7.51. The Bertz CT molecular complexity index is 838. The number of fused-ring (bicyclic) bond motifs is 1. The minimum Gasteiger partial charge on any atom is -0.487 e. The van der Waals surface area contributed by atoms with Gasteiger partial charge in [0.2, 0.25) is 0 Å². The number of hydrogen-bond acceptors (Lipinski definition) is 3. The first kappa shape index (κ1) is 20.5. The van der Waals surface area contributed by atoms with Gasteiger partial charge in [0.15, 0.2) is 6.61 Å². The molecule has 3 rings (SSSR count). The topological polar surface area (TPSA) is 47.6 Å². The van der Waals surface area contributed by atoms with Crippen molar-refractivity contribution in [3.8, 4) is 11.5 Å². The number of hydrogen-bond donors (Lipinski definition) is 1. The van der Waals surface area contributed by atoms with Gasteiger partial charge in [-0.1, -0.05) is 43.6 Å². The molecule has 1 aliphatic rings. The van der Waals surface area contributed by atoms with Crippen LogP contribution in [-0.4, -0.2) is 18.1 Å². The molecule has 2 aromatic rings. The average Bonchev–Trinajstić information content (AvgIpc) is 2.70. The van der Waals surface area contributed by atoms with Crippen molar-refractivity contribution in [2.75, 3.05) is 6.61 Å². The first-order valence-corrected chi connectivity index (χ1v) is 10.2. The third-order valence-corrected chi connectivity index (χ3v) is 6.20. The smallest absolute Gasteiger partial charge is 0.258 e. The molecule has 0 fully saturated rings. The number of para-hydroxylation sites is 1. The molecule has 1 atom stereocenters. The van der Waals surface area contributed by atoms with Gasteiger partial charge in [0.1, 0.15) is 17.1 Å². The van der Waals surface area contributed by atoms with Gasteiger partial charge in [-0.2, -0.15) is 0 Å². The second-order valence-corrected chi connectivity index (χ2v) is 7.89. The van der Waals surface area contributed by atoms with Crippen LogP contribution in [0.1, 0.15) is 55.8 Å². The minimum absolute atomic E-state index is 0.0364. The number of aryl methyl sites for hydroxylation is 2. The maximum absolute atomic E-state index is 12.6. The van der Waals surface area contributed by atoms with Crippen LogP contribution in [0.2, 0.25) is 5.02 Å². The minimum atomic E-state index is -0.252. The van der Waals surface area contributed by atoms with Crippen molar-refractivity contribution in [2.24, 2.45) is 0 Å². The van der Waals surface area contributed by atoms with Crippen LogP contribution >= 0.6 is 11.6 Å². The SMILES string of the molecule is CCC1(CC)C[C@@H](NC(=O)COc2cc(C)c(Cl)c(C)c2)c2ccccc2O1. The van der Waals surface area contributed by atoms with Gasteiger partial charge in [-0.15, -0.1) is 0 Å². The van der Waals surface area contributed by atoms with Gasteiger partial charge in [-0.3, -0.25) is 4.79 Å². The Morgan fingerprint density at radius 2 is 1.86 bits per heavy atom. The molecule has 5 heteroatoms. The Kier molecular flexibility index (Phi) is 6.19. The molecule has 0 bridgehead atoms. The van der Waals surface area contributed by atoms with E-state index in [0.29, 0.717) is 5.75 Å². The number of ether oxygens (including phenoxy) is 2. The summed E-state index contributed by atoms with van der Waals surface area (Å²) in [5, 5.41) is 3.87. The van der Waals surface area contributed by atoms with Gasteiger partial charge < -0.3 is 14.8 Å². The third-order valence-electron chi connectivity index (χ3n) is 5.60. The molecule has 0 spiro atoms. The molecule has 1 aliphatic heterocycles. The van der Waals surface area contributed by atoms with Crippen molar-refractivity contribution in [3.63, 3.8) is 0 Å². The maximum Gasteiger partial charge on any atom is 0.258 e. The fraction of sp³-hybridized carbons (Fsp3) is 0.435. The number of benzene rings is 2. The molecule has 0 aliphatic carbocycles. The maximum atomic E-state index is 12.6. The number of amides is 1. The van der Waals surface area contributed by atoms with E-state index in [1.807, 2.05) is 50.2 Å². The van der Waals surface area contributed by atoms with Crippen molar-refractivity contribution in [2.45, 2.75) is 58.6 Å². The zero-order valence-electron chi connectivity index (χ0n) is 17.0. The predicted molar refractivity (Wildman–Crippen MR) is 112 cm³/mol. The standard InChI is InChI=1S/C23H28ClNO3/c1-5-23(6-2)13-19(18-9-7-8-10-20(18)28-23)25-21(26)14-27-17-11-15(3)22(24)16(4)12-17/h7-12,19H,5-6,13-14H2,1-4H3,(H,25,26)/t19-/m1/s1. The van der Waals surface area contributed by atoms with Crippen molar-refractivity contribution in [3.05, 3.63) is 58.1 Å². The quantitative estimate of drug-likeness (QED) is 0.691. The summed E-state index contributed by atoms with van der Waals surface area (Å²) in [5.74, 6) is 1.36. The Morgan fingerprint density at radius 1 is 1.21 bits per heavy atom. The summed E-state index contributed by atoms with van der Waals surface area (Å²) in [7, 11) is 0. The highest BCUT2D eigenvalue weighted by Crippen LogP contribution is 2.42. The van der Waals surface area contributed by atoms with E-state index in [0.717, 1.165) is 46.7 Å². The summed E-state index contributed by atoms with van der Waals surface area (Å²) in [6.45, 7) is 8.08. The van der Waals surface area contributed by atoms with Crippen LogP contribution in [0.25, 0.3) is 0 Å². The molecule has 1 heterocycles. The molecule has 0 saturated carbocycles. The van der Waals surface area contributed by atoms with Crippen molar-refractivity contribution < 1.29 is 14.3 Å². The Labute approximate surface area is 172 Å². The molecule has 2 aromatic carbocycles. The Morgan fingerprint density at radius 3 is 2.50 bits per heavy atom. The van der Waals surface area contributed by atoms with E-state index in [9.17, 15) is 4.79 Å². The van der Waals surface area contributed by atoms with E-state index in [-0.39, 0.29) is 24.2 Å². The van der Waals surface area contributed by atoms with Crippen LogP contribution in [0.3, 0.4) is 0 Å². The van der Waals surface area contributed by atoms with Crippen molar-refractivity contribution >= 4 is 17.5 Å². The van der Waals surface area contributed by atoms with Crippen LogP contribution in [-0.2, 0) is 4.79 Å². The average molecular weight is 402 g/mol. The van der Waals surface area contributed by atoms with Gasteiger partial charge in [0, 0.05) is 17.0 Å². The number of nitrogens with one attached hydrogen (secondary N) is 1. The van der Waals surface area contributed by atoms with E-state index < -0.39 is 0 Å². The summed E-state index contributed by atoms with van der Waals surface area (Å²) in [4.78, 5) is 12.6. The highest BCUT2D eigenvalue weighted by molar-refractivity contribution is 6.32. The Hall–Kier alpha value is -2.20.